The van der Waals surface area contributed by atoms with Gasteiger partial charge in [-0.3, -0.25) is 0 Å². The highest BCUT2D eigenvalue weighted by Gasteiger charge is 2.34. The minimum Gasteiger partial charge on any atom is -0.465 e. The number of esters is 1. The summed E-state index contributed by atoms with van der Waals surface area (Å²) in [5.41, 5.74) is 1.13. The van der Waals surface area contributed by atoms with Gasteiger partial charge in [0.1, 0.15) is 16.5 Å². The average molecular weight is 360 g/mol. The summed E-state index contributed by atoms with van der Waals surface area (Å²) >= 11 is 0.982. The van der Waals surface area contributed by atoms with Crippen LogP contribution >= 0.6 is 11.3 Å². The lowest BCUT2D eigenvalue weighted by molar-refractivity contribution is 0.0602. The first-order valence-electron chi connectivity index (χ1n) is 6.45. The van der Waals surface area contributed by atoms with Crippen molar-refractivity contribution in [2.75, 3.05) is 25.3 Å². The second kappa shape index (κ2) is 6.69. The van der Waals surface area contributed by atoms with E-state index in [1.54, 1.807) is 13.8 Å². The fourth-order valence-electron chi connectivity index (χ4n) is 1.85. The molecular weight excluding hydrogens is 344 g/mol. The molecule has 0 N–H and O–H groups in total. The van der Waals surface area contributed by atoms with Crippen molar-refractivity contribution < 1.29 is 27.2 Å². The predicted molar refractivity (Wildman–Crippen MR) is 83.2 cm³/mol. The number of thiophene rings is 1. The van der Waals surface area contributed by atoms with E-state index in [1.165, 1.54) is 25.7 Å². The number of hydrogen-bond donors (Lipinski definition) is 0. The monoisotopic (exact) mass is 360 g/mol. The van der Waals surface area contributed by atoms with Crippen molar-refractivity contribution >= 4 is 33.2 Å². The Morgan fingerprint density at radius 3 is 2.61 bits per heavy atom. The zero-order chi connectivity index (χ0) is 17.2. The molecule has 0 amide bonds. The lowest BCUT2D eigenvalue weighted by atomic mass is 10.3. The molecule has 2 aromatic heterocycles. The van der Waals surface area contributed by atoms with Gasteiger partial charge in [0.15, 0.2) is 0 Å². The summed E-state index contributed by atoms with van der Waals surface area (Å²) < 4.78 is 41.5. The molecule has 0 aliphatic heterocycles. The predicted octanol–water partition coefficient (Wildman–Crippen LogP) is 1.94. The summed E-state index contributed by atoms with van der Waals surface area (Å²) in [6.45, 7) is 3.10. The smallest absolute Gasteiger partial charge is 0.349 e. The fourth-order valence-corrected chi connectivity index (χ4v) is 4.53. The highest BCUT2D eigenvalue weighted by Crippen LogP contribution is 2.31. The number of aromatic nitrogens is 1. The molecule has 8 nitrogen and oxygen atoms in total. The number of carbonyl (C=O) groups excluding carboxylic acids is 1. The zero-order valence-corrected chi connectivity index (χ0v) is 14.7. The molecule has 2 heterocycles. The molecule has 2 rings (SSSR count). The van der Waals surface area contributed by atoms with E-state index in [0.29, 0.717) is 11.3 Å². The summed E-state index contributed by atoms with van der Waals surface area (Å²) in [6.07, 6.45) is 0. The third-order valence-electron chi connectivity index (χ3n) is 3.17. The summed E-state index contributed by atoms with van der Waals surface area (Å²) in [4.78, 5) is 11.6. The summed E-state index contributed by atoms with van der Waals surface area (Å²) in [5.74, 6) is -0.673. The highest BCUT2D eigenvalue weighted by atomic mass is 32.2. The molecule has 23 heavy (non-hydrogen) atoms. The maximum Gasteiger partial charge on any atom is 0.349 e. The molecule has 2 aromatic rings. The Balaban J connectivity index is 2.57. The first kappa shape index (κ1) is 17.4. The Morgan fingerprint density at radius 2 is 2.09 bits per heavy atom. The molecule has 0 atom stereocenters. The van der Waals surface area contributed by atoms with Crippen molar-refractivity contribution in [2.24, 2.45) is 0 Å². The summed E-state index contributed by atoms with van der Waals surface area (Å²) in [7, 11) is -1.54. The van der Waals surface area contributed by atoms with E-state index in [2.05, 4.69) is 9.89 Å². The normalized spacial score (nSPS) is 11.5. The van der Waals surface area contributed by atoms with Crippen LogP contribution in [0.25, 0.3) is 0 Å². The van der Waals surface area contributed by atoms with Crippen LogP contribution in [0.3, 0.4) is 0 Å². The van der Waals surface area contributed by atoms with Gasteiger partial charge in [-0.25, -0.2) is 17.5 Å². The van der Waals surface area contributed by atoms with Crippen molar-refractivity contribution in [1.82, 2.24) is 5.16 Å². The molecule has 0 saturated carbocycles. The van der Waals surface area contributed by atoms with E-state index < -0.39 is 16.0 Å². The first-order chi connectivity index (χ1) is 10.8. The molecule has 0 aromatic carbocycles. The van der Waals surface area contributed by atoms with Gasteiger partial charge in [-0.05, 0) is 25.3 Å². The third-order valence-corrected chi connectivity index (χ3v) is 5.94. The quantitative estimate of drug-likeness (QED) is 0.573. The van der Waals surface area contributed by atoms with Gasteiger partial charge in [0.2, 0.25) is 5.88 Å². The van der Waals surface area contributed by atoms with Crippen LogP contribution in [0.2, 0.25) is 0 Å². The highest BCUT2D eigenvalue weighted by molar-refractivity contribution is 7.93. The average Bonchev–Trinajstić information content (AvgIpc) is 3.13. The van der Waals surface area contributed by atoms with Gasteiger partial charge in [0.05, 0.1) is 12.8 Å². The zero-order valence-electron chi connectivity index (χ0n) is 13.0. The largest absolute Gasteiger partial charge is 0.465 e. The van der Waals surface area contributed by atoms with Gasteiger partial charge in [-0.2, -0.15) is 0 Å². The van der Waals surface area contributed by atoms with Crippen LogP contribution in [0.1, 0.15) is 20.9 Å². The molecule has 0 radical (unpaired) electrons. The van der Waals surface area contributed by atoms with Crippen LogP contribution < -0.4 is 4.31 Å². The fraction of sp³-hybridized carbons (Fsp3) is 0.385. The van der Waals surface area contributed by atoms with Crippen molar-refractivity contribution in [3.8, 4) is 0 Å². The van der Waals surface area contributed by atoms with E-state index in [-0.39, 0.29) is 22.4 Å². The maximum atomic E-state index is 12.9. The maximum absolute atomic E-state index is 12.9. The Kier molecular flexibility index (Phi) is 5.07. The van der Waals surface area contributed by atoms with Crippen LogP contribution in [0, 0.1) is 13.8 Å². The first-order valence-corrected chi connectivity index (χ1v) is 8.77. The van der Waals surface area contributed by atoms with Gasteiger partial charge in [-0.15, -0.1) is 11.3 Å². The Bertz CT molecular complexity index is 808. The topological polar surface area (TPSA) is 98.9 Å². The lowest BCUT2D eigenvalue weighted by Gasteiger charge is -2.20. The van der Waals surface area contributed by atoms with Crippen molar-refractivity contribution in [3.63, 3.8) is 0 Å². The SMILES string of the molecule is COCN(c1onc(C)c1C)S(=O)(=O)c1ccsc1C(=O)OC. The second-order valence-electron chi connectivity index (χ2n) is 4.58. The number of methoxy groups -OCH3 is 2. The molecule has 0 saturated heterocycles. The number of carbonyl (C=O) groups is 1. The number of sulfonamides is 1. The van der Waals surface area contributed by atoms with E-state index in [1.807, 2.05) is 0 Å². The Labute approximate surface area is 137 Å². The number of aryl methyl sites for hydroxylation is 1. The van der Waals surface area contributed by atoms with Gasteiger partial charge in [0, 0.05) is 12.7 Å². The van der Waals surface area contributed by atoms with Crippen LogP contribution in [0.5, 0.6) is 0 Å². The van der Waals surface area contributed by atoms with E-state index in [4.69, 9.17) is 9.26 Å². The van der Waals surface area contributed by atoms with Crippen LogP contribution in [0.4, 0.5) is 5.88 Å². The second-order valence-corrected chi connectivity index (χ2v) is 7.32. The van der Waals surface area contributed by atoms with Gasteiger partial charge in [-0.1, -0.05) is 5.16 Å². The molecule has 0 bridgehead atoms. The number of hydrogen-bond acceptors (Lipinski definition) is 8. The van der Waals surface area contributed by atoms with Gasteiger partial charge >= 0.3 is 5.97 Å². The van der Waals surface area contributed by atoms with Crippen molar-refractivity contribution in [2.45, 2.75) is 18.7 Å². The minimum atomic E-state index is -4.08. The van der Waals surface area contributed by atoms with Crippen molar-refractivity contribution in [1.29, 1.82) is 0 Å². The Hall–Kier alpha value is -1.91. The minimum absolute atomic E-state index is 0.0116. The molecule has 0 aliphatic carbocycles. The molecule has 0 unspecified atom stereocenters. The van der Waals surface area contributed by atoms with Crippen molar-refractivity contribution in [3.05, 3.63) is 27.6 Å². The number of rotatable bonds is 6. The van der Waals surface area contributed by atoms with E-state index in [9.17, 15) is 13.2 Å². The standard InChI is InChI=1S/C13H16N2O6S2/c1-8-9(2)14-21-12(8)15(7-19-3)23(17,18)10-5-6-22-11(10)13(16)20-4/h5-6H,7H2,1-4H3. The number of ether oxygens (including phenoxy) is 2. The van der Waals surface area contributed by atoms with Gasteiger partial charge in [0.25, 0.3) is 10.0 Å². The molecule has 10 heteroatoms. The molecule has 0 fully saturated rings. The van der Waals surface area contributed by atoms with Gasteiger partial charge < -0.3 is 14.0 Å². The van der Waals surface area contributed by atoms with E-state index >= 15 is 0 Å². The number of nitrogens with zero attached hydrogens (tertiary/aromatic N) is 2. The number of anilines is 1. The van der Waals surface area contributed by atoms with E-state index in [0.717, 1.165) is 15.6 Å². The Morgan fingerprint density at radius 1 is 1.39 bits per heavy atom. The summed E-state index contributed by atoms with van der Waals surface area (Å²) in [6, 6.07) is 1.34. The van der Waals surface area contributed by atoms with Crippen LogP contribution in [-0.2, 0) is 19.5 Å². The molecule has 126 valence electrons. The lowest BCUT2D eigenvalue weighted by Crippen LogP contribution is -2.33. The third kappa shape index (κ3) is 3.09. The molecular formula is C13H16N2O6S2. The molecule has 0 aliphatic rings. The summed E-state index contributed by atoms with van der Waals surface area (Å²) in [5, 5.41) is 5.26. The van der Waals surface area contributed by atoms with Crippen LogP contribution in [0.15, 0.2) is 20.9 Å². The van der Waals surface area contributed by atoms with Crippen LogP contribution in [-0.4, -0.2) is 40.5 Å². The molecule has 0 spiro atoms.